The van der Waals surface area contributed by atoms with Crippen LogP contribution < -0.4 is 5.32 Å². The highest BCUT2D eigenvalue weighted by Crippen LogP contribution is 2.15. The number of amides is 1. The zero-order valence-corrected chi connectivity index (χ0v) is 12.9. The maximum absolute atomic E-state index is 12.1. The molecule has 0 saturated heterocycles. The largest absolute Gasteiger partial charge is 0.352 e. The van der Waals surface area contributed by atoms with Gasteiger partial charge in [-0.25, -0.2) is 0 Å². The standard InChI is InChI=1S/C15H27N3O/c1-6-8-9-13(7-2)15(19)16-10-14-11(3)17-18(5)12(14)4/h13H,6-10H2,1-5H3,(H,16,19)/t13-/m1/s1. The van der Waals surface area contributed by atoms with Gasteiger partial charge in [0.25, 0.3) is 0 Å². The van der Waals surface area contributed by atoms with Gasteiger partial charge in [-0.15, -0.1) is 0 Å². The fourth-order valence-corrected chi connectivity index (χ4v) is 2.36. The fraction of sp³-hybridized carbons (Fsp3) is 0.733. The average molecular weight is 265 g/mol. The van der Waals surface area contributed by atoms with E-state index in [1.54, 1.807) is 0 Å². The molecule has 0 aliphatic carbocycles. The lowest BCUT2D eigenvalue weighted by Gasteiger charge is -2.14. The average Bonchev–Trinajstić information content (AvgIpc) is 2.62. The van der Waals surface area contributed by atoms with Crippen molar-refractivity contribution in [3.05, 3.63) is 17.0 Å². The van der Waals surface area contributed by atoms with Gasteiger partial charge in [0.1, 0.15) is 0 Å². The van der Waals surface area contributed by atoms with Crippen molar-refractivity contribution in [2.45, 2.75) is 59.9 Å². The summed E-state index contributed by atoms with van der Waals surface area (Å²) in [7, 11) is 1.93. The van der Waals surface area contributed by atoms with Gasteiger partial charge in [-0.3, -0.25) is 9.48 Å². The first kappa shape index (κ1) is 15.7. The third-order valence-corrected chi connectivity index (χ3v) is 3.87. The van der Waals surface area contributed by atoms with Crippen LogP contribution in [0, 0.1) is 19.8 Å². The summed E-state index contributed by atoms with van der Waals surface area (Å²) in [5.41, 5.74) is 3.27. The molecule has 0 aliphatic rings. The minimum absolute atomic E-state index is 0.150. The van der Waals surface area contributed by atoms with E-state index in [9.17, 15) is 4.79 Å². The highest BCUT2D eigenvalue weighted by Gasteiger charge is 2.17. The predicted molar refractivity (Wildman–Crippen MR) is 77.8 cm³/mol. The third-order valence-electron chi connectivity index (χ3n) is 3.87. The molecule has 0 unspecified atom stereocenters. The van der Waals surface area contributed by atoms with Crippen LogP contribution in [0.15, 0.2) is 0 Å². The van der Waals surface area contributed by atoms with Crippen LogP contribution in [0.5, 0.6) is 0 Å². The van der Waals surface area contributed by atoms with E-state index < -0.39 is 0 Å². The SMILES string of the molecule is CCCC[C@@H](CC)C(=O)NCc1c(C)nn(C)c1C. The van der Waals surface area contributed by atoms with Crippen molar-refractivity contribution in [1.29, 1.82) is 0 Å². The molecule has 1 heterocycles. The Kier molecular flexibility index (Phi) is 6.06. The van der Waals surface area contributed by atoms with Crippen LogP contribution in [-0.2, 0) is 18.4 Å². The second-order valence-corrected chi connectivity index (χ2v) is 5.24. The van der Waals surface area contributed by atoms with Crippen molar-refractivity contribution in [2.75, 3.05) is 0 Å². The van der Waals surface area contributed by atoms with Crippen LogP contribution in [0.1, 0.15) is 56.5 Å². The van der Waals surface area contributed by atoms with Crippen molar-refractivity contribution in [3.63, 3.8) is 0 Å². The minimum atomic E-state index is 0.150. The van der Waals surface area contributed by atoms with Gasteiger partial charge < -0.3 is 5.32 Å². The molecule has 19 heavy (non-hydrogen) atoms. The summed E-state index contributed by atoms with van der Waals surface area (Å²) in [6.45, 7) is 8.86. The molecule has 0 saturated carbocycles. The van der Waals surface area contributed by atoms with Crippen LogP contribution in [-0.4, -0.2) is 15.7 Å². The Labute approximate surface area is 116 Å². The predicted octanol–water partition coefficient (Wildman–Crippen LogP) is 2.87. The lowest BCUT2D eigenvalue weighted by Crippen LogP contribution is -2.30. The number of unbranched alkanes of at least 4 members (excludes halogenated alkanes) is 1. The molecule has 1 N–H and O–H groups in total. The molecule has 1 rings (SSSR count). The molecule has 0 fully saturated rings. The first-order chi connectivity index (χ1) is 9.01. The molecule has 1 amide bonds. The van der Waals surface area contributed by atoms with Crippen LogP contribution >= 0.6 is 0 Å². The number of hydrogen-bond acceptors (Lipinski definition) is 2. The van der Waals surface area contributed by atoms with Gasteiger partial charge in [0.15, 0.2) is 0 Å². The van der Waals surface area contributed by atoms with E-state index in [-0.39, 0.29) is 11.8 Å². The number of aryl methyl sites for hydroxylation is 2. The Morgan fingerprint density at radius 1 is 1.37 bits per heavy atom. The summed E-state index contributed by atoms with van der Waals surface area (Å²) < 4.78 is 1.87. The molecular weight excluding hydrogens is 238 g/mol. The Hall–Kier alpha value is -1.32. The Morgan fingerprint density at radius 2 is 2.05 bits per heavy atom. The van der Waals surface area contributed by atoms with Crippen molar-refractivity contribution in [1.82, 2.24) is 15.1 Å². The van der Waals surface area contributed by atoms with E-state index in [0.717, 1.165) is 42.6 Å². The van der Waals surface area contributed by atoms with Crippen molar-refractivity contribution < 1.29 is 4.79 Å². The van der Waals surface area contributed by atoms with E-state index in [1.165, 1.54) is 0 Å². The Morgan fingerprint density at radius 3 is 2.53 bits per heavy atom. The van der Waals surface area contributed by atoms with Gasteiger partial charge in [0.2, 0.25) is 5.91 Å². The van der Waals surface area contributed by atoms with Crippen molar-refractivity contribution in [2.24, 2.45) is 13.0 Å². The number of aromatic nitrogens is 2. The lowest BCUT2D eigenvalue weighted by atomic mass is 9.98. The first-order valence-corrected chi connectivity index (χ1v) is 7.28. The topological polar surface area (TPSA) is 46.9 Å². The molecule has 0 aromatic carbocycles. The number of hydrogen-bond donors (Lipinski definition) is 1. The van der Waals surface area contributed by atoms with Crippen LogP contribution in [0.4, 0.5) is 0 Å². The Balaban J connectivity index is 2.57. The number of carbonyl (C=O) groups is 1. The van der Waals surface area contributed by atoms with Gasteiger partial charge in [0.05, 0.1) is 5.69 Å². The Bertz CT molecular complexity index is 423. The number of nitrogens with zero attached hydrogens (tertiary/aromatic N) is 2. The number of carbonyl (C=O) groups excluding carboxylic acids is 1. The molecule has 0 radical (unpaired) electrons. The molecule has 0 spiro atoms. The van der Waals surface area contributed by atoms with Gasteiger partial charge in [-0.1, -0.05) is 26.7 Å². The van der Waals surface area contributed by atoms with Crippen molar-refractivity contribution >= 4 is 5.91 Å². The summed E-state index contributed by atoms with van der Waals surface area (Å²) in [5, 5.41) is 7.43. The molecule has 4 heteroatoms. The molecule has 0 aliphatic heterocycles. The van der Waals surface area contributed by atoms with Crippen molar-refractivity contribution in [3.8, 4) is 0 Å². The minimum Gasteiger partial charge on any atom is -0.352 e. The maximum Gasteiger partial charge on any atom is 0.223 e. The monoisotopic (exact) mass is 265 g/mol. The summed E-state index contributed by atoms with van der Waals surface area (Å²) in [6.07, 6.45) is 4.17. The van der Waals surface area contributed by atoms with E-state index in [0.29, 0.717) is 6.54 Å². The molecule has 0 bridgehead atoms. The summed E-state index contributed by atoms with van der Waals surface area (Å²) in [4.78, 5) is 12.1. The zero-order chi connectivity index (χ0) is 14.4. The summed E-state index contributed by atoms with van der Waals surface area (Å²) in [6, 6.07) is 0. The summed E-state index contributed by atoms with van der Waals surface area (Å²) >= 11 is 0. The van der Waals surface area contributed by atoms with Gasteiger partial charge in [-0.2, -0.15) is 5.10 Å². The van der Waals surface area contributed by atoms with Gasteiger partial charge >= 0.3 is 0 Å². The normalized spacial score (nSPS) is 12.5. The fourth-order valence-electron chi connectivity index (χ4n) is 2.36. The lowest BCUT2D eigenvalue weighted by molar-refractivity contribution is -0.125. The van der Waals surface area contributed by atoms with Crippen LogP contribution in [0.2, 0.25) is 0 Å². The van der Waals surface area contributed by atoms with E-state index >= 15 is 0 Å². The molecule has 108 valence electrons. The van der Waals surface area contributed by atoms with Gasteiger partial charge in [0, 0.05) is 30.8 Å². The van der Waals surface area contributed by atoms with Crippen LogP contribution in [0.25, 0.3) is 0 Å². The smallest absolute Gasteiger partial charge is 0.223 e. The quantitative estimate of drug-likeness (QED) is 0.824. The second kappa shape index (κ2) is 7.31. The summed E-state index contributed by atoms with van der Waals surface area (Å²) in [5.74, 6) is 0.329. The molecule has 1 aromatic heterocycles. The van der Waals surface area contributed by atoms with Gasteiger partial charge in [-0.05, 0) is 26.7 Å². The molecular formula is C15H27N3O. The molecule has 1 aromatic rings. The first-order valence-electron chi connectivity index (χ1n) is 7.28. The molecule has 1 atom stereocenters. The number of rotatable bonds is 7. The van der Waals surface area contributed by atoms with E-state index in [1.807, 2.05) is 25.6 Å². The van der Waals surface area contributed by atoms with Crippen LogP contribution in [0.3, 0.4) is 0 Å². The van der Waals surface area contributed by atoms with E-state index in [4.69, 9.17) is 0 Å². The highest BCUT2D eigenvalue weighted by atomic mass is 16.1. The molecule has 4 nitrogen and oxygen atoms in total. The van der Waals surface area contributed by atoms with E-state index in [2.05, 4.69) is 24.3 Å². The highest BCUT2D eigenvalue weighted by molar-refractivity contribution is 5.78. The zero-order valence-electron chi connectivity index (χ0n) is 12.9. The number of nitrogens with one attached hydrogen (secondary N) is 1. The maximum atomic E-state index is 12.1. The third kappa shape index (κ3) is 4.08. The second-order valence-electron chi connectivity index (χ2n) is 5.24.